The number of rotatable bonds is 4. The Hall–Kier alpha value is -1.59. The Balaban J connectivity index is 0.00000176. The predicted octanol–water partition coefficient (Wildman–Crippen LogP) is 2.22. The lowest BCUT2D eigenvalue weighted by molar-refractivity contribution is -0.125. The van der Waals surface area contributed by atoms with Gasteiger partial charge in [-0.05, 0) is 44.5 Å². The van der Waals surface area contributed by atoms with E-state index in [1.165, 1.54) is 0 Å². The number of carbonyl (C=O) groups excluding carboxylic acids is 1. The zero-order chi connectivity index (χ0) is 14.7. The summed E-state index contributed by atoms with van der Waals surface area (Å²) in [4.78, 5) is 16.5. The molecule has 1 aliphatic rings. The van der Waals surface area contributed by atoms with Crippen molar-refractivity contribution < 1.29 is 9.21 Å². The molecule has 1 fully saturated rings. The predicted molar refractivity (Wildman–Crippen MR) is 88.3 cm³/mol. The van der Waals surface area contributed by atoms with Gasteiger partial charge in [0.1, 0.15) is 5.52 Å². The van der Waals surface area contributed by atoms with Crippen molar-refractivity contribution >= 4 is 29.4 Å². The molecule has 3 rings (SSSR count). The van der Waals surface area contributed by atoms with E-state index >= 15 is 0 Å². The van der Waals surface area contributed by atoms with E-state index in [9.17, 15) is 4.79 Å². The minimum absolute atomic E-state index is 0. The van der Waals surface area contributed by atoms with E-state index in [4.69, 9.17) is 4.42 Å². The number of carbonyl (C=O) groups is 1. The van der Waals surface area contributed by atoms with Gasteiger partial charge in [-0.15, -0.1) is 12.4 Å². The van der Waals surface area contributed by atoms with Crippen LogP contribution < -0.4 is 10.6 Å². The maximum Gasteiger partial charge on any atom is 0.223 e. The van der Waals surface area contributed by atoms with Gasteiger partial charge >= 0.3 is 0 Å². The van der Waals surface area contributed by atoms with Crippen LogP contribution in [0.25, 0.3) is 11.1 Å². The number of aryl methyl sites for hydroxylation is 1. The molecule has 2 aromatic rings. The molecule has 1 aromatic carbocycles. The number of piperidine rings is 1. The van der Waals surface area contributed by atoms with Gasteiger partial charge in [0, 0.05) is 18.9 Å². The van der Waals surface area contributed by atoms with Gasteiger partial charge < -0.3 is 15.1 Å². The summed E-state index contributed by atoms with van der Waals surface area (Å²) in [6.45, 7) is 4.47. The number of oxazole rings is 1. The lowest BCUT2D eigenvalue weighted by atomic mass is 9.97. The van der Waals surface area contributed by atoms with E-state index < -0.39 is 0 Å². The first-order chi connectivity index (χ1) is 10.2. The third kappa shape index (κ3) is 3.78. The van der Waals surface area contributed by atoms with Gasteiger partial charge in [-0.25, -0.2) is 4.98 Å². The van der Waals surface area contributed by atoms with E-state index in [1.807, 2.05) is 25.1 Å². The highest BCUT2D eigenvalue weighted by molar-refractivity contribution is 5.85. The second-order valence-corrected chi connectivity index (χ2v) is 5.59. The number of hydrogen-bond donors (Lipinski definition) is 2. The number of hydrogen-bond acceptors (Lipinski definition) is 4. The van der Waals surface area contributed by atoms with E-state index in [2.05, 4.69) is 15.6 Å². The van der Waals surface area contributed by atoms with Crippen LogP contribution in [0.5, 0.6) is 0 Å². The molecule has 5 nitrogen and oxygen atoms in total. The number of nitrogens with one attached hydrogen (secondary N) is 2. The molecule has 0 unspecified atom stereocenters. The van der Waals surface area contributed by atoms with Crippen molar-refractivity contribution in [2.45, 2.75) is 26.2 Å². The molecule has 0 aliphatic carbocycles. The topological polar surface area (TPSA) is 67.2 Å². The Morgan fingerprint density at radius 1 is 1.41 bits per heavy atom. The molecule has 0 radical (unpaired) electrons. The van der Waals surface area contributed by atoms with Crippen LogP contribution >= 0.6 is 12.4 Å². The van der Waals surface area contributed by atoms with Gasteiger partial charge in [0.25, 0.3) is 0 Å². The first kappa shape index (κ1) is 16.8. The Morgan fingerprint density at radius 2 is 2.18 bits per heavy atom. The van der Waals surface area contributed by atoms with Gasteiger partial charge in [0.2, 0.25) is 5.91 Å². The molecule has 120 valence electrons. The summed E-state index contributed by atoms with van der Waals surface area (Å²) in [5, 5.41) is 6.26. The third-order valence-corrected chi connectivity index (χ3v) is 4.01. The highest BCUT2D eigenvalue weighted by atomic mass is 35.5. The average Bonchev–Trinajstić information content (AvgIpc) is 2.92. The van der Waals surface area contributed by atoms with E-state index in [0.29, 0.717) is 18.9 Å². The Bertz CT molecular complexity index is 635. The van der Waals surface area contributed by atoms with Crippen molar-refractivity contribution in [3.63, 3.8) is 0 Å². The van der Waals surface area contributed by atoms with Gasteiger partial charge in [-0.2, -0.15) is 0 Å². The van der Waals surface area contributed by atoms with Crippen LogP contribution in [0.4, 0.5) is 0 Å². The lowest BCUT2D eigenvalue weighted by Crippen LogP contribution is -2.38. The summed E-state index contributed by atoms with van der Waals surface area (Å²) in [6.07, 6.45) is 2.48. The first-order valence-electron chi connectivity index (χ1n) is 7.57. The quantitative estimate of drug-likeness (QED) is 0.905. The van der Waals surface area contributed by atoms with Gasteiger partial charge in [0.05, 0.1) is 0 Å². The third-order valence-electron chi connectivity index (χ3n) is 4.01. The molecule has 0 atom stereocenters. The van der Waals surface area contributed by atoms with Crippen LogP contribution in [-0.2, 0) is 11.2 Å². The molecule has 6 heteroatoms. The number of amides is 1. The van der Waals surface area contributed by atoms with E-state index in [0.717, 1.165) is 42.6 Å². The molecular weight excluding hydrogens is 302 g/mol. The van der Waals surface area contributed by atoms with Crippen molar-refractivity contribution in [3.05, 3.63) is 29.7 Å². The number of halogens is 1. The fourth-order valence-electron chi connectivity index (χ4n) is 2.76. The van der Waals surface area contributed by atoms with Crippen molar-refractivity contribution in [3.8, 4) is 0 Å². The van der Waals surface area contributed by atoms with Crippen LogP contribution in [0.15, 0.2) is 22.6 Å². The smallest absolute Gasteiger partial charge is 0.223 e. The second kappa shape index (κ2) is 7.61. The summed E-state index contributed by atoms with van der Waals surface area (Å²) in [5.74, 6) is 0.992. The standard InChI is InChI=1S/C16H21N3O2.ClH/c1-11-3-2-4-13-15(11)19-14(21-13)7-10-18-16(20)12-5-8-17-9-6-12;/h2-4,12,17H,5-10H2,1H3,(H,18,20);1H. The molecule has 2 heterocycles. The summed E-state index contributed by atoms with van der Waals surface area (Å²) in [7, 11) is 0. The van der Waals surface area contributed by atoms with Gasteiger partial charge in [0.15, 0.2) is 11.5 Å². The van der Waals surface area contributed by atoms with Crippen LogP contribution in [0.3, 0.4) is 0 Å². The molecule has 2 N–H and O–H groups in total. The lowest BCUT2D eigenvalue weighted by Gasteiger charge is -2.21. The summed E-state index contributed by atoms with van der Waals surface area (Å²) in [6, 6.07) is 5.91. The van der Waals surface area contributed by atoms with Gasteiger partial charge in [-0.3, -0.25) is 4.79 Å². The summed E-state index contributed by atoms with van der Waals surface area (Å²) >= 11 is 0. The number of para-hydroxylation sites is 1. The van der Waals surface area contributed by atoms with Crippen LogP contribution in [0, 0.1) is 12.8 Å². The fourth-order valence-corrected chi connectivity index (χ4v) is 2.76. The highest BCUT2D eigenvalue weighted by Crippen LogP contribution is 2.19. The largest absolute Gasteiger partial charge is 0.441 e. The van der Waals surface area contributed by atoms with Crippen LogP contribution in [0.2, 0.25) is 0 Å². The van der Waals surface area contributed by atoms with Crippen LogP contribution in [0.1, 0.15) is 24.3 Å². The van der Waals surface area contributed by atoms with Crippen LogP contribution in [-0.4, -0.2) is 30.5 Å². The highest BCUT2D eigenvalue weighted by Gasteiger charge is 2.20. The SMILES string of the molecule is Cc1cccc2oc(CCNC(=O)C3CCNCC3)nc12.Cl. The van der Waals surface area contributed by atoms with Crippen molar-refractivity contribution in [1.29, 1.82) is 0 Å². The molecule has 1 aliphatic heterocycles. The summed E-state index contributed by atoms with van der Waals surface area (Å²) < 4.78 is 5.70. The Labute approximate surface area is 136 Å². The van der Waals surface area contributed by atoms with E-state index in [1.54, 1.807) is 0 Å². The number of fused-ring (bicyclic) bond motifs is 1. The second-order valence-electron chi connectivity index (χ2n) is 5.59. The maximum absolute atomic E-state index is 12.0. The molecule has 1 aromatic heterocycles. The molecule has 1 saturated heterocycles. The maximum atomic E-state index is 12.0. The van der Waals surface area contributed by atoms with Crippen molar-refractivity contribution in [2.75, 3.05) is 19.6 Å². The molecule has 0 spiro atoms. The molecule has 0 bridgehead atoms. The zero-order valence-corrected chi connectivity index (χ0v) is 13.5. The Kier molecular flexibility index (Phi) is 5.80. The monoisotopic (exact) mass is 323 g/mol. The molecule has 22 heavy (non-hydrogen) atoms. The van der Waals surface area contributed by atoms with E-state index in [-0.39, 0.29) is 24.2 Å². The molecular formula is C16H22ClN3O2. The minimum atomic E-state index is 0. The van der Waals surface area contributed by atoms with Crippen molar-refractivity contribution in [1.82, 2.24) is 15.6 Å². The molecule has 1 amide bonds. The zero-order valence-electron chi connectivity index (χ0n) is 12.7. The minimum Gasteiger partial charge on any atom is -0.441 e. The van der Waals surface area contributed by atoms with Gasteiger partial charge in [-0.1, -0.05) is 12.1 Å². The molecule has 0 saturated carbocycles. The summed E-state index contributed by atoms with van der Waals surface area (Å²) in [5.41, 5.74) is 2.84. The number of aromatic nitrogens is 1. The fraction of sp³-hybridized carbons (Fsp3) is 0.500. The normalized spacial score (nSPS) is 15.5. The number of benzene rings is 1. The van der Waals surface area contributed by atoms with Crippen molar-refractivity contribution in [2.24, 2.45) is 5.92 Å². The number of nitrogens with zero attached hydrogens (tertiary/aromatic N) is 1. The average molecular weight is 324 g/mol. The first-order valence-corrected chi connectivity index (χ1v) is 7.57. The Morgan fingerprint density at radius 3 is 2.91 bits per heavy atom.